The number of imidazole rings is 1. The van der Waals surface area contributed by atoms with Crippen LogP contribution >= 0.6 is 0 Å². The number of rotatable bonds is 6. The number of anilines is 3. The largest absolute Gasteiger partial charge is 0.497 e. The van der Waals surface area contributed by atoms with Crippen molar-refractivity contribution in [2.45, 2.75) is 6.10 Å². The molecule has 0 bridgehead atoms. The first kappa shape index (κ1) is 23.1. The monoisotopic (exact) mass is 485 g/mol. The third kappa shape index (κ3) is 4.64. The Labute approximate surface area is 207 Å². The lowest BCUT2D eigenvalue weighted by atomic mass is 10.1. The highest BCUT2D eigenvalue weighted by molar-refractivity contribution is 6.00. The van der Waals surface area contributed by atoms with Gasteiger partial charge in [-0.3, -0.25) is 5.41 Å². The van der Waals surface area contributed by atoms with E-state index in [4.69, 9.17) is 32.1 Å². The maximum atomic E-state index is 7.63. The number of nitrogens with two attached hydrogens (primary N) is 3. The molecule has 1 aliphatic heterocycles. The lowest BCUT2D eigenvalue weighted by Gasteiger charge is -2.33. The smallest absolute Gasteiger partial charge is 0.222 e. The molecule has 0 spiro atoms. The molecule has 0 amide bonds. The Kier molecular flexibility index (Phi) is 6.13. The zero-order valence-electron chi connectivity index (χ0n) is 19.7. The summed E-state index contributed by atoms with van der Waals surface area (Å²) in [4.78, 5) is 18.9. The van der Waals surface area contributed by atoms with Gasteiger partial charge in [-0.15, -0.1) is 0 Å². The number of hydrogen-bond donors (Lipinski definition) is 5. The highest BCUT2D eigenvalue weighted by atomic mass is 16.5. The van der Waals surface area contributed by atoms with E-state index in [2.05, 4.69) is 24.8 Å². The molecular formula is C25H27N9O2. The standard InChI is InChI=1S/C25H27N9O2/c1-35-16-4-2-3-14(9-16)20-12-30-24(31-20)21-13-34(7-8-36-21)22-11-19(32-25(29)33-22)15-5-6-17(23(27)28)18(26)10-15/h2-6,9-12,21H,7-8,13,26H2,1H3,(H3,27,28)(H,30,31)(H2,29,32,33). The second-order valence-electron chi connectivity index (χ2n) is 8.40. The number of nitrogens with one attached hydrogen (secondary N) is 2. The lowest BCUT2D eigenvalue weighted by molar-refractivity contribution is 0.0343. The molecule has 1 aliphatic rings. The predicted octanol–water partition coefficient (Wildman–Crippen LogP) is 2.57. The van der Waals surface area contributed by atoms with Crippen molar-refractivity contribution >= 4 is 23.3 Å². The molecule has 5 rings (SSSR count). The Hall–Kier alpha value is -4.64. The minimum Gasteiger partial charge on any atom is -0.497 e. The molecule has 36 heavy (non-hydrogen) atoms. The van der Waals surface area contributed by atoms with Crippen molar-refractivity contribution in [2.24, 2.45) is 5.73 Å². The van der Waals surface area contributed by atoms with Crippen molar-refractivity contribution < 1.29 is 9.47 Å². The Morgan fingerprint density at radius 1 is 1.14 bits per heavy atom. The van der Waals surface area contributed by atoms with Gasteiger partial charge >= 0.3 is 0 Å². The van der Waals surface area contributed by atoms with Crippen molar-refractivity contribution in [1.82, 2.24) is 19.9 Å². The van der Waals surface area contributed by atoms with Gasteiger partial charge in [0.1, 0.15) is 29.3 Å². The van der Waals surface area contributed by atoms with Crippen LogP contribution in [-0.4, -0.2) is 52.6 Å². The Balaban J connectivity index is 1.38. The second-order valence-corrected chi connectivity index (χ2v) is 8.40. The Bertz CT molecular complexity index is 1420. The van der Waals surface area contributed by atoms with E-state index in [1.165, 1.54) is 0 Å². The quantitative estimate of drug-likeness (QED) is 0.156. The molecule has 1 saturated heterocycles. The van der Waals surface area contributed by atoms with Gasteiger partial charge in [-0.05, 0) is 24.3 Å². The number of morpholine rings is 1. The average molecular weight is 486 g/mol. The predicted molar refractivity (Wildman–Crippen MR) is 139 cm³/mol. The van der Waals surface area contributed by atoms with E-state index >= 15 is 0 Å². The Morgan fingerprint density at radius 3 is 2.78 bits per heavy atom. The fourth-order valence-electron chi connectivity index (χ4n) is 4.19. The number of ether oxygens (including phenoxy) is 2. The van der Waals surface area contributed by atoms with Crippen LogP contribution in [0.2, 0.25) is 0 Å². The summed E-state index contributed by atoms with van der Waals surface area (Å²) in [5, 5.41) is 7.63. The van der Waals surface area contributed by atoms with Crippen LogP contribution in [0.4, 0.5) is 17.5 Å². The second kappa shape index (κ2) is 9.55. The topological polar surface area (TPSA) is 178 Å². The minimum absolute atomic E-state index is 0.0891. The van der Waals surface area contributed by atoms with Crippen LogP contribution in [0.15, 0.2) is 54.7 Å². The molecule has 8 N–H and O–H groups in total. The van der Waals surface area contributed by atoms with Crippen LogP contribution in [-0.2, 0) is 4.74 Å². The zero-order valence-corrected chi connectivity index (χ0v) is 19.7. The summed E-state index contributed by atoms with van der Waals surface area (Å²) in [5.41, 5.74) is 21.8. The molecule has 2 aromatic heterocycles. The normalized spacial score (nSPS) is 15.6. The number of nitrogen functional groups attached to an aromatic ring is 3. The highest BCUT2D eigenvalue weighted by Gasteiger charge is 2.26. The van der Waals surface area contributed by atoms with Crippen molar-refractivity contribution in [3.63, 3.8) is 0 Å². The van der Waals surface area contributed by atoms with Gasteiger partial charge in [0.25, 0.3) is 0 Å². The van der Waals surface area contributed by atoms with Crippen molar-refractivity contribution in [3.05, 3.63) is 66.1 Å². The van der Waals surface area contributed by atoms with E-state index < -0.39 is 0 Å². The maximum absolute atomic E-state index is 7.63. The first-order valence-corrected chi connectivity index (χ1v) is 11.4. The van der Waals surface area contributed by atoms with Gasteiger partial charge in [0.05, 0.1) is 37.8 Å². The van der Waals surface area contributed by atoms with Gasteiger partial charge in [0.15, 0.2) is 0 Å². The number of amidine groups is 1. The van der Waals surface area contributed by atoms with E-state index in [9.17, 15) is 0 Å². The van der Waals surface area contributed by atoms with Gasteiger partial charge in [-0.1, -0.05) is 18.2 Å². The number of hydrogen-bond acceptors (Lipinski definition) is 9. The summed E-state index contributed by atoms with van der Waals surface area (Å²) in [6.07, 6.45) is 1.52. The molecule has 0 aliphatic carbocycles. The van der Waals surface area contributed by atoms with Gasteiger partial charge in [0.2, 0.25) is 5.95 Å². The molecule has 1 unspecified atom stereocenters. The fraction of sp³-hybridized carbons (Fsp3) is 0.200. The minimum atomic E-state index is -0.275. The number of H-pyrrole nitrogens is 1. The molecule has 1 fully saturated rings. The molecule has 184 valence electrons. The summed E-state index contributed by atoms with van der Waals surface area (Å²) >= 11 is 0. The van der Waals surface area contributed by atoms with Crippen LogP contribution < -0.4 is 26.8 Å². The molecular weight excluding hydrogens is 458 g/mol. The van der Waals surface area contributed by atoms with Gasteiger partial charge < -0.3 is 36.6 Å². The molecule has 11 heteroatoms. The first-order chi connectivity index (χ1) is 17.4. The number of methoxy groups -OCH3 is 1. The molecule has 2 aromatic carbocycles. The summed E-state index contributed by atoms with van der Waals surface area (Å²) in [5.74, 6) is 2.25. The zero-order chi connectivity index (χ0) is 25.2. The number of aromatic nitrogens is 4. The SMILES string of the molecule is COc1cccc(-c2cnc(C3CN(c4cc(-c5ccc(C(=N)N)c(N)c5)nc(N)n4)CCO3)[nH]2)c1. The maximum Gasteiger partial charge on any atom is 0.222 e. The molecule has 4 aromatic rings. The first-order valence-electron chi connectivity index (χ1n) is 11.4. The molecule has 0 radical (unpaired) electrons. The number of aromatic amines is 1. The van der Waals surface area contributed by atoms with E-state index in [0.717, 1.165) is 28.4 Å². The summed E-state index contributed by atoms with van der Waals surface area (Å²) in [6.45, 7) is 1.67. The van der Waals surface area contributed by atoms with Gasteiger partial charge in [-0.2, -0.15) is 4.98 Å². The fourth-order valence-corrected chi connectivity index (χ4v) is 4.19. The van der Waals surface area contributed by atoms with Crippen LogP contribution in [0.25, 0.3) is 22.5 Å². The lowest BCUT2D eigenvalue weighted by Crippen LogP contribution is -2.39. The van der Waals surface area contributed by atoms with Crippen LogP contribution in [0.1, 0.15) is 17.5 Å². The molecule has 11 nitrogen and oxygen atoms in total. The third-order valence-electron chi connectivity index (χ3n) is 6.04. The average Bonchev–Trinajstić information content (AvgIpc) is 3.39. The van der Waals surface area contributed by atoms with Crippen LogP contribution in [0, 0.1) is 5.41 Å². The van der Waals surface area contributed by atoms with E-state index in [0.29, 0.717) is 42.5 Å². The molecule has 3 heterocycles. The number of benzene rings is 2. The van der Waals surface area contributed by atoms with Crippen molar-refractivity contribution in [3.8, 4) is 28.3 Å². The van der Waals surface area contributed by atoms with Gasteiger partial charge in [0, 0.05) is 35.0 Å². The van der Waals surface area contributed by atoms with E-state index in [-0.39, 0.29) is 17.9 Å². The third-order valence-corrected chi connectivity index (χ3v) is 6.04. The van der Waals surface area contributed by atoms with Crippen molar-refractivity contribution in [1.29, 1.82) is 5.41 Å². The summed E-state index contributed by atoms with van der Waals surface area (Å²) in [6, 6.07) is 14.9. The highest BCUT2D eigenvalue weighted by Crippen LogP contribution is 2.30. The van der Waals surface area contributed by atoms with Gasteiger partial charge in [-0.25, -0.2) is 9.97 Å². The molecule has 0 saturated carbocycles. The summed E-state index contributed by atoms with van der Waals surface area (Å²) in [7, 11) is 1.64. The Morgan fingerprint density at radius 2 is 2.00 bits per heavy atom. The van der Waals surface area contributed by atoms with Crippen molar-refractivity contribution in [2.75, 3.05) is 43.2 Å². The molecule has 1 atom stereocenters. The van der Waals surface area contributed by atoms with E-state index in [1.807, 2.05) is 36.4 Å². The van der Waals surface area contributed by atoms with Crippen LogP contribution in [0.5, 0.6) is 5.75 Å². The summed E-state index contributed by atoms with van der Waals surface area (Å²) < 4.78 is 11.3. The number of nitrogens with zero attached hydrogens (tertiary/aromatic N) is 4. The van der Waals surface area contributed by atoms with E-state index in [1.54, 1.807) is 25.4 Å². The van der Waals surface area contributed by atoms with Crippen LogP contribution in [0.3, 0.4) is 0 Å².